The van der Waals surface area contributed by atoms with E-state index in [9.17, 15) is 32.4 Å². The van der Waals surface area contributed by atoms with Crippen LogP contribution in [-0.2, 0) is 30.8 Å². The molecule has 4 saturated heterocycles. The highest BCUT2D eigenvalue weighted by Crippen LogP contribution is 2.40. The van der Waals surface area contributed by atoms with Gasteiger partial charge in [0.2, 0.25) is 33.7 Å². The topological polar surface area (TPSA) is 201 Å². The van der Waals surface area contributed by atoms with Gasteiger partial charge in [-0.1, -0.05) is 23.7 Å². The Morgan fingerprint density at radius 1 is 0.848 bits per heavy atom. The number of para-hydroxylation sites is 1. The molecule has 3 N–H and O–H groups in total. The number of anilines is 7. The van der Waals surface area contributed by atoms with Crippen LogP contribution in [0.2, 0.25) is 5.02 Å². The monoisotopic (exact) mass is 939 g/mol. The molecule has 7 heterocycles. The molecule has 344 valence electrons. The normalized spacial score (nSPS) is 20.7. The molecule has 4 aromatic rings. The fraction of sp³-hybridized carbons (Fsp3) is 0.400. The number of nitrogens with one attached hydrogen (secondary N) is 3. The number of carbonyl (C=O) groups excluding carboxylic acids is 5. The van der Waals surface area contributed by atoms with Crippen LogP contribution < -0.4 is 30.1 Å². The van der Waals surface area contributed by atoms with Gasteiger partial charge in [-0.3, -0.25) is 43.4 Å². The minimum Gasteiger partial charge on any atom is -0.370 e. The van der Waals surface area contributed by atoms with Crippen LogP contribution >= 0.6 is 11.6 Å². The fourth-order valence-corrected chi connectivity index (χ4v) is 11.1. The molecule has 66 heavy (non-hydrogen) atoms. The minimum absolute atomic E-state index is 0.0507. The summed E-state index contributed by atoms with van der Waals surface area (Å²) in [6, 6.07) is 14.7. The molecule has 3 aromatic carbocycles. The van der Waals surface area contributed by atoms with Crippen molar-refractivity contribution in [2.45, 2.75) is 44.2 Å². The number of hydrogen-bond acceptors (Lipinski definition) is 14. The molecule has 4 fully saturated rings. The van der Waals surface area contributed by atoms with Crippen molar-refractivity contribution in [3.05, 3.63) is 88.3 Å². The number of hydrogen-bond donors (Lipinski definition) is 3. The van der Waals surface area contributed by atoms with Crippen molar-refractivity contribution in [2.75, 3.05) is 89.9 Å². The van der Waals surface area contributed by atoms with E-state index in [-0.39, 0.29) is 58.4 Å². The summed E-state index contributed by atoms with van der Waals surface area (Å²) in [5, 5.41) is 8.66. The van der Waals surface area contributed by atoms with Gasteiger partial charge in [0.05, 0.1) is 46.6 Å². The Morgan fingerprint density at radius 2 is 1.61 bits per heavy atom. The fourth-order valence-electron chi connectivity index (χ4n) is 10.0. The Hall–Kier alpha value is -6.38. The summed E-state index contributed by atoms with van der Waals surface area (Å²) in [5.41, 5.74) is 4.09. The lowest BCUT2D eigenvalue weighted by atomic mass is 9.96. The van der Waals surface area contributed by atoms with Crippen LogP contribution in [0.4, 0.5) is 44.6 Å². The molecular weight excluding hydrogens is 893 g/mol. The number of benzene rings is 3. The van der Waals surface area contributed by atoms with Gasteiger partial charge >= 0.3 is 0 Å². The molecule has 5 amide bonds. The molecule has 1 aromatic heterocycles. The van der Waals surface area contributed by atoms with E-state index in [0.29, 0.717) is 81.0 Å². The quantitative estimate of drug-likeness (QED) is 0.194. The van der Waals surface area contributed by atoms with Gasteiger partial charge in [-0.25, -0.2) is 17.8 Å². The number of sulfonamides is 1. The number of carbonyl (C=O) groups is 5. The van der Waals surface area contributed by atoms with Crippen LogP contribution in [-0.4, -0.2) is 140 Å². The first kappa shape index (κ1) is 43.5. The third-order valence-corrected chi connectivity index (χ3v) is 15.0. The first-order valence-corrected chi connectivity index (χ1v) is 24.3. The van der Waals surface area contributed by atoms with Crippen LogP contribution in [0.3, 0.4) is 0 Å². The van der Waals surface area contributed by atoms with Crippen LogP contribution in [0.1, 0.15) is 52.0 Å². The Bertz CT molecular complexity index is 2800. The maximum atomic E-state index is 15.7. The SMILES string of the molecule is CS(=O)(=O)N1CCc2cccc(Nc3nc(Nc4ccc(N5CCC(N6CCN(C(=O)C7CN(c8ccc9c(c8)C(=O)N(C8CCC(=O)NC8=O)C9=O)C7)CC6)CC5)c(F)c4)ncc3Cl)c21. The summed E-state index contributed by atoms with van der Waals surface area (Å²) in [6.45, 7) is 5.42. The third kappa shape index (κ3) is 8.14. The summed E-state index contributed by atoms with van der Waals surface area (Å²) in [7, 11) is -3.50. The number of rotatable bonds is 10. The lowest BCUT2D eigenvalue weighted by molar-refractivity contribution is -0.138. The number of halogens is 2. The van der Waals surface area contributed by atoms with Gasteiger partial charge in [0.25, 0.3) is 11.8 Å². The van der Waals surface area contributed by atoms with Crippen LogP contribution in [0.5, 0.6) is 0 Å². The van der Waals surface area contributed by atoms with Crippen molar-refractivity contribution in [3.8, 4) is 0 Å². The molecule has 1 atom stereocenters. The molecule has 21 heteroatoms. The first-order valence-electron chi connectivity index (χ1n) is 22.0. The molecule has 18 nitrogen and oxygen atoms in total. The lowest BCUT2D eigenvalue weighted by Gasteiger charge is -2.46. The van der Waals surface area contributed by atoms with E-state index in [1.165, 1.54) is 22.8 Å². The second-order valence-electron chi connectivity index (χ2n) is 17.6. The number of amides is 5. The van der Waals surface area contributed by atoms with Gasteiger partial charge in [0, 0.05) is 82.7 Å². The van der Waals surface area contributed by atoms with E-state index < -0.39 is 39.7 Å². The summed E-state index contributed by atoms with van der Waals surface area (Å²) in [6.07, 6.45) is 5.03. The zero-order valence-corrected chi connectivity index (χ0v) is 37.6. The number of fused-ring (bicyclic) bond motifs is 2. The number of piperazine rings is 1. The molecule has 0 saturated carbocycles. The first-order chi connectivity index (χ1) is 31.7. The predicted octanol–water partition coefficient (Wildman–Crippen LogP) is 3.73. The number of imide groups is 2. The summed E-state index contributed by atoms with van der Waals surface area (Å²) >= 11 is 6.46. The molecule has 0 bridgehead atoms. The van der Waals surface area contributed by atoms with Gasteiger partial charge < -0.3 is 25.3 Å². The van der Waals surface area contributed by atoms with Crippen molar-refractivity contribution in [2.24, 2.45) is 5.92 Å². The molecular formula is C45H47ClFN11O7S. The third-order valence-electron chi connectivity index (χ3n) is 13.5. The van der Waals surface area contributed by atoms with Gasteiger partial charge in [-0.2, -0.15) is 4.98 Å². The van der Waals surface area contributed by atoms with E-state index in [2.05, 4.69) is 35.7 Å². The summed E-state index contributed by atoms with van der Waals surface area (Å²) < 4.78 is 42.0. The van der Waals surface area contributed by atoms with Crippen molar-refractivity contribution in [3.63, 3.8) is 0 Å². The van der Waals surface area contributed by atoms with E-state index >= 15 is 4.39 Å². The molecule has 10 rings (SSSR count). The average Bonchev–Trinajstić information content (AvgIpc) is 3.84. The standard InChI is InChI=1S/C45H47ClFN11O7S/c1-66(64,65)57-16-11-26-3-2-4-35(39(26)57)50-40-33(46)23-48-45(52-40)49-28-5-8-36(34(47)21-28)54-14-12-29(13-15-54)53-17-19-55(20-18-53)42(61)27-24-56(25-27)30-6-7-31-32(22-30)44(63)58(43(31)62)37-9-10-38(59)51-41(37)60/h2-8,21-23,27,29,37H,9-20,24-25H2,1H3,(H,51,59,60)(H2,48,49,50,52). The van der Waals surface area contributed by atoms with E-state index in [1.54, 1.807) is 36.4 Å². The zero-order valence-electron chi connectivity index (χ0n) is 36.0. The smallest absolute Gasteiger partial charge is 0.262 e. The molecule has 1 unspecified atom stereocenters. The largest absolute Gasteiger partial charge is 0.370 e. The highest BCUT2D eigenvalue weighted by molar-refractivity contribution is 7.92. The predicted molar refractivity (Wildman–Crippen MR) is 245 cm³/mol. The van der Waals surface area contributed by atoms with Crippen LogP contribution in [0.25, 0.3) is 0 Å². The summed E-state index contributed by atoms with van der Waals surface area (Å²) in [4.78, 5) is 82.2. The minimum atomic E-state index is -3.50. The van der Waals surface area contributed by atoms with Crippen molar-refractivity contribution in [1.82, 2.24) is 30.0 Å². The van der Waals surface area contributed by atoms with E-state index in [1.807, 2.05) is 21.9 Å². The Labute approximate surface area is 385 Å². The second-order valence-corrected chi connectivity index (χ2v) is 19.9. The Kier molecular flexibility index (Phi) is 11.3. The molecule has 0 radical (unpaired) electrons. The van der Waals surface area contributed by atoms with Crippen molar-refractivity contribution in [1.29, 1.82) is 0 Å². The lowest BCUT2D eigenvalue weighted by Crippen LogP contribution is -2.59. The molecule has 0 aliphatic carbocycles. The van der Waals surface area contributed by atoms with Crippen molar-refractivity contribution < 1.29 is 36.8 Å². The highest BCUT2D eigenvalue weighted by Gasteiger charge is 2.45. The Morgan fingerprint density at radius 3 is 2.33 bits per heavy atom. The Balaban J connectivity index is 0.688. The number of nitrogens with zero attached hydrogens (tertiary/aromatic N) is 8. The van der Waals surface area contributed by atoms with E-state index in [4.69, 9.17) is 11.6 Å². The molecule has 6 aliphatic rings. The highest BCUT2D eigenvalue weighted by atomic mass is 35.5. The summed E-state index contributed by atoms with van der Waals surface area (Å²) in [5.74, 6) is -2.23. The number of piperidine rings is 2. The van der Waals surface area contributed by atoms with Gasteiger partial charge in [-0.05, 0) is 73.7 Å². The van der Waals surface area contributed by atoms with Gasteiger partial charge in [0.1, 0.15) is 16.9 Å². The van der Waals surface area contributed by atoms with Crippen LogP contribution in [0.15, 0.2) is 60.8 Å². The van der Waals surface area contributed by atoms with Gasteiger partial charge in [-0.15, -0.1) is 0 Å². The van der Waals surface area contributed by atoms with Gasteiger partial charge in [0.15, 0.2) is 5.82 Å². The molecule has 0 spiro atoms. The van der Waals surface area contributed by atoms with Crippen LogP contribution in [0, 0.1) is 11.7 Å². The maximum absolute atomic E-state index is 15.7. The van der Waals surface area contributed by atoms with Crippen molar-refractivity contribution >= 4 is 91.4 Å². The molecule has 6 aliphatic heterocycles. The zero-order chi connectivity index (χ0) is 46.0. The number of aromatic nitrogens is 2. The maximum Gasteiger partial charge on any atom is 0.262 e. The second kappa shape index (κ2) is 17.1. The average molecular weight is 940 g/mol. The van der Waals surface area contributed by atoms with E-state index in [0.717, 1.165) is 42.1 Å².